The number of hydrogen-bond acceptors (Lipinski definition) is 5. The van der Waals surface area contributed by atoms with E-state index in [0.717, 1.165) is 5.56 Å². The standard InChI is InChI=1S/C15H15NO4/c1-3-15(2)19-13(17)12(14(18)20-15)6-4-5-11-7-9-16-10-8-11/h4-10H,3H2,1-2H3. The largest absolute Gasteiger partial charge is 0.419 e. The zero-order valence-electron chi connectivity index (χ0n) is 11.3. The van der Waals surface area contributed by atoms with Gasteiger partial charge in [-0.25, -0.2) is 9.59 Å². The van der Waals surface area contributed by atoms with Crippen LogP contribution in [0.15, 0.2) is 42.3 Å². The number of aromatic nitrogens is 1. The quantitative estimate of drug-likeness (QED) is 0.480. The Balaban J connectivity index is 2.13. The number of carbonyl (C=O) groups is 2. The lowest BCUT2D eigenvalue weighted by Gasteiger charge is -2.32. The summed E-state index contributed by atoms with van der Waals surface area (Å²) in [7, 11) is 0. The van der Waals surface area contributed by atoms with Gasteiger partial charge in [-0.1, -0.05) is 19.1 Å². The Hall–Kier alpha value is -2.43. The summed E-state index contributed by atoms with van der Waals surface area (Å²) >= 11 is 0. The second kappa shape index (κ2) is 5.69. The summed E-state index contributed by atoms with van der Waals surface area (Å²) in [6.45, 7) is 3.34. The number of hydrogen-bond donors (Lipinski definition) is 0. The van der Waals surface area contributed by atoms with Gasteiger partial charge in [0.15, 0.2) is 0 Å². The van der Waals surface area contributed by atoms with Crippen molar-refractivity contribution in [2.45, 2.75) is 26.1 Å². The molecule has 0 spiro atoms. The van der Waals surface area contributed by atoms with E-state index in [2.05, 4.69) is 4.98 Å². The second-order valence-corrected chi connectivity index (χ2v) is 4.49. The maximum absolute atomic E-state index is 11.8. The number of cyclic esters (lactones) is 2. The predicted octanol–water partition coefficient (Wildman–Crippen LogP) is 2.25. The van der Waals surface area contributed by atoms with Crippen LogP contribution < -0.4 is 0 Å². The van der Waals surface area contributed by atoms with Crippen LogP contribution >= 0.6 is 0 Å². The highest BCUT2D eigenvalue weighted by molar-refractivity contribution is 6.15. The molecule has 1 aliphatic rings. The fraction of sp³-hybridized carbons (Fsp3) is 0.267. The lowest BCUT2D eigenvalue weighted by Crippen LogP contribution is -2.43. The van der Waals surface area contributed by atoms with Crippen molar-refractivity contribution in [3.63, 3.8) is 0 Å². The fourth-order valence-corrected chi connectivity index (χ4v) is 1.62. The summed E-state index contributed by atoms with van der Waals surface area (Å²) in [5.74, 6) is -2.49. The van der Waals surface area contributed by atoms with Crippen molar-refractivity contribution >= 4 is 18.0 Å². The molecule has 5 nitrogen and oxygen atoms in total. The van der Waals surface area contributed by atoms with Gasteiger partial charge in [0.1, 0.15) is 5.57 Å². The molecule has 1 saturated heterocycles. The number of rotatable bonds is 3. The smallest absolute Gasteiger partial charge is 0.348 e. The van der Waals surface area contributed by atoms with Crippen molar-refractivity contribution in [2.24, 2.45) is 0 Å². The first-order chi connectivity index (χ1) is 9.54. The molecule has 0 N–H and O–H groups in total. The van der Waals surface area contributed by atoms with Crippen LogP contribution in [0, 0.1) is 0 Å². The summed E-state index contributed by atoms with van der Waals surface area (Å²) in [6, 6.07) is 3.61. The van der Waals surface area contributed by atoms with Crippen LogP contribution in [0.5, 0.6) is 0 Å². The van der Waals surface area contributed by atoms with E-state index < -0.39 is 17.7 Å². The molecule has 2 rings (SSSR count). The zero-order valence-corrected chi connectivity index (χ0v) is 11.3. The molecule has 20 heavy (non-hydrogen) atoms. The minimum atomic E-state index is -1.17. The van der Waals surface area contributed by atoms with Crippen LogP contribution in [0.4, 0.5) is 0 Å². The van der Waals surface area contributed by atoms with Crippen molar-refractivity contribution < 1.29 is 19.1 Å². The van der Waals surface area contributed by atoms with E-state index in [1.165, 1.54) is 6.08 Å². The number of esters is 2. The summed E-state index contributed by atoms with van der Waals surface area (Å²) < 4.78 is 10.2. The monoisotopic (exact) mass is 273 g/mol. The van der Waals surface area contributed by atoms with Crippen LogP contribution in [-0.4, -0.2) is 22.7 Å². The molecule has 104 valence electrons. The van der Waals surface area contributed by atoms with Crippen LogP contribution in [0.3, 0.4) is 0 Å². The van der Waals surface area contributed by atoms with Gasteiger partial charge in [-0.3, -0.25) is 4.98 Å². The SMILES string of the molecule is CCC1(C)OC(=O)C(=CC=Cc2ccncc2)C(=O)O1. The molecule has 1 fully saturated rings. The molecule has 0 radical (unpaired) electrons. The second-order valence-electron chi connectivity index (χ2n) is 4.49. The van der Waals surface area contributed by atoms with Crippen molar-refractivity contribution in [3.8, 4) is 0 Å². The Kier molecular flexibility index (Phi) is 3.98. The van der Waals surface area contributed by atoms with Gasteiger partial charge < -0.3 is 9.47 Å². The average molecular weight is 273 g/mol. The molecule has 0 atom stereocenters. The van der Waals surface area contributed by atoms with Crippen LogP contribution in [0.25, 0.3) is 6.08 Å². The molecule has 1 aliphatic heterocycles. The van der Waals surface area contributed by atoms with Crippen LogP contribution in [0.2, 0.25) is 0 Å². The Morgan fingerprint density at radius 2 is 1.80 bits per heavy atom. The summed E-state index contributed by atoms with van der Waals surface area (Å²) in [6.07, 6.45) is 8.46. The lowest BCUT2D eigenvalue weighted by molar-refractivity contribution is -0.229. The molecule has 1 aromatic heterocycles. The van der Waals surface area contributed by atoms with E-state index in [1.54, 1.807) is 50.5 Å². The van der Waals surface area contributed by atoms with Gasteiger partial charge in [-0.15, -0.1) is 0 Å². The minimum Gasteiger partial charge on any atom is -0.419 e. The van der Waals surface area contributed by atoms with Gasteiger partial charge in [-0.05, 0) is 23.8 Å². The van der Waals surface area contributed by atoms with E-state index in [-0.39, 0.29) is 5.57 Å². The number of ether oxygens (including phenoxy) is 2. The zero-order chi connectivity index (χ0) is 14.6. The predicted molar refractivity (Wildman–Crippen MR) is 72.2 cm³/mol. The van der Waals surface area contributed by atoms with E-state index in [4.69, 9.17) is 9.47 Å². The Bertz CT molecular complexity index is 555. The lowest BCUT2D eigenvalue weighted by atomic mass is 10.1. The molecule has 0 amide bonds. The number of carbonyl (C=O) groups excluding carboxylic acids is 2. The first-order valence-corrected chi connectivity index (χ1v) is 6.29. The molecule has 0 saturated carbocycles. The summed E-state index contributed by atoms with van der Waals surface area (Å²) in [5, 5.41) is 0. The van der Waals surface area contributed by atoms with Gasteiger partial charge >= 0.3 is 11.9 Å². The molecule has 5 heteroatoms. The molecule has 0 aliphatic carbocycles. The number of nitrogens with zero attached hydrogens (tertiary/aromatic N) is 1. The van der Waals surface area contributed by atoms with E-state index in [0.29, 0.717) is 6.42 Å². The van der Waals surface area contributed by atoms with Gasteiger partial charge in [0, 0.05) is 25.7 Å². The number of allylic oxidation sites excluding steroid dienone is 2. The highest BCUT2D eigenvalue weighted by atomic mass is 16.7. The third kappa shape index (κ3) is 3.12. The first-order valence-electron chi connectivity index (χ1n) is 6.29. The summed E-state index contributed by atoms with van der Waals surface area (Å²) in [5.41, 5.74) is 0.800. The topological polar surface area (TPSA) is 65.5 Å². The van der Waals surface area contributed by atoms with E-state index in [1.807, 2.05) is 0 Å². The van der Waals surface area contributed by atoms with Crippen LogP contribution in [0.1, 0.15) is 25.8 Å². The molecule has 1 aromatic rings. The summed E-state index contributed by atoms with van der Waals surface area (Å²) in [4.78, 5) is 27.5. The van der Waals surface area contributed by atoms with E-state index >= 15 is 0 Å². The number of pyridine rings is 1. The Morgan fingerprint density at radius 3 is 2.35 bits per heavy atom. The maximum Gasteiger partial charge on any atom is 0.348 e. The highest BCUT2D eigenvalue weighted by Crippen LogP contribution is 2.26. The van der Waals surface area contributed by atoms with Gasteiger partial charge in [0.2, 0.25) is 0 Å². The maximum atomic E-state index is 11.8. The van der Waals surface area contributed by atoms with Crippen LogP contribution in [-0.2, 0) is 19.1 Å². The first kappa shape index (κ1) is 14.0. The molecule has 0 bridgehead atoms. The third-order valence-corrected chi connectivity index (χ3v) is 2.96. The van der Waals surface area contributed by atoms with Crippen molar-refractivity contribution in [1.29, 1.82) is 0 Å². The molecule has 2 heterocycles. The van der Waals surface area contributed by atoms with Crippen molar-refractivity contribution in [3.05, 3.63) is 47.8 Å². The third-order valence-electron chi connectivity index (χ3n) is 2.96. The fourth-order valence-electron chi connectivity index (χ4n) is 1.62. The molecule has 0 unspecified atom stereocenters. The van der Waals surface area contributed by atoms with Gasteiger partial charge in [-0.2, -0.15) is 0 Å². The Morgan fingerprint density at radius 1 is 1.20 bits per heavy atom. The molecular formula is C15H15NO4. The minimum absolute atomic E-state index is 0.110. The van der Waals surface area contributed by atoms with E-state index in [9.17, 15) is 9.59 Å². The van der Waals surface area contributed by atoms with Gasteiger partial charge in [0.25, 0.3) is 5.79 Å². The normalized spacial score (nSPS) is 22.6. The van der Waals surface area contributed by atoms with Crippen molar-refractivity contribution in [1.82, 2.24) is 4.98 Å². The Labute approximate surface area is 116 Å². The average Bonchev–Trinajstić information content (AvgIpc) is 2.43. The highest BCUT2D eigenvalue weighted by Gasteiger charge is 2.40. The van der Waals surface area contributed by atoms with Crippen molar-refractivity contribution in [2.75, 3.05) is 0 Å². The molecular weight excluding hydrogens is 258 g/mol. The molecule has 0 aromatic carbocycles. The van der Waals surface area contributed by atoms with Gasteiger partial charge in [0.05, 0.1) is 0 Å².